The molecule has 2 heterocycles. The van der Waals surface area contributed by atoms with Crippen LogP contribution in [-0.2, 0) is 16.1 Å². The van der Waals surface area contributed by atoms with Crippen molar-refractivity contribution in [3.05, 3.63) is 53.3 Å². The van der Waals surface area contributed by atoms with Gasteiger partial charge in [-0.25, -0.2) is 0 Å². The van der Waals surface area contributed by atoms with Crippen molar-refractivity contribution in [2.75, 3.05) is 20.2 Å². The Morgan fingerprint density at radius 2 is 1.90 bits per heavy atom. The highest BCUT2D eigenvalue weighted by molar-refractivity contribution is 5.94. The third-order valence-electron chi connectivity index (χ3n) is 7.95. The van der Waals surface area contributed by atoms with Gasteiger partial charge < -0.3 is 24.6 Å². The van der Waals surface area contributed by atoms with Crippen LogP contribution in [0, 0.1) is 0 Å². The molecule has 4 rings (SSSR count). The fraction of sp³-hybridized carbons (Fsp3) is 0.533. The number of halogens is 2. The predicted octanol–water partition coefficient (Wildman–Crippen LogP) is 4.51. The van der Waals surface area contributed by atoms with Gasteiger partial charge in [0, 0.05) is 50.8 Å². The van der Waals surface area contributed by atoms with Gasteiger partial charge in [-0.3, -0.25) is 19.4 Å². The van der Waals surface area contributed by atoms with E-state index in [9.17, 15) is 23.2 Å². The third kappa shape index (κ3) is 7.31. The van der Waals surface area contributed by atoms with Gasteiger partial charge in [-0.05, 0) is 49.9 Å². The highest BCUT2D eigenvalue weighted by Gasteiger charge is 2.39. The van der Waals surface area contributed by atoms with E-state index in [1.54, 1.807) is 42.3 Å². The molecule has 1 unspecified atom stereocenters. The Hall–Kier alpha value is -3.76. The molecule has 41 heavy (non-hydrogen) atoms. The minimum atomic E-state index is -2.99. The van der Waals surface area contributed by atoms with Crippen molar-refractivity contribution >= 4 is 17.7 Å². The monoisotopic (exact) mass is 572 g/mol. The van der Waals surface area contributed by atoms with Crippen LogP contribution in [0.15, 0.2) is 36.5 Å². The first-order valence-corrected chi connectivity index (χ1v) is 14.2. The van der Waals surface area contributed by atoms with Crippen LogP contribution in [0.2, 0.25) is 0 Å². The van der Waals surface area contributed by atoms with Gasteiger partial charge in [0.05, 0.1) is 6.61 Å². The van der Waals surface area contributed by atoms with E-state index in [1.165, 1.54) is 24.3 Å². The lowest BCUT2D eigenvalue weighted by Gasteiger charge is -2.31. The second-order valence-electron chi connectivity index (χ2n) is 10.6. The summed E-state index contributed by atoms with van der Waals surface area (Å²) >= 11 is 0. The van der Waals surface area contributed by atoms with Crippen molar-refractivity contribution in [1.29, 1.82) is 0 Å². The Kier molecular flexibility index (Phi) is 10.1. The SMILES string of the molecule is CCOc1cc(C2C[C@H](C(=O)NCc3cccnc3C(=O)N(C)C3CCCCC3)N(C(C)=O)C2)ccc1OC(F)F. The number of benzene rings is 1. The summed E-state index contributed by atoms with van der Waals surface area (Å²) in [4.78, 5) is 46.8. The number of nitrogens with one attached hydrogen (secondary N) is 1. The molecule has 1 aliphatic carbocycles. The zero-order chi connectivity index (χ0) is 29.5. The second kappa shape index (κ2) is 13.7. The van der Waals surface area contributed by atoms with Crippen LogP contribution in [0.25, 0.3) is 0 Å². The predicted molar refractivity (Wildman–Crippen MR) is 148 cm³/mol. The van der Waals surface area contributed by atoms with Gasteiger partial charge in [0.2, 0.25) is 11.8 Å². The zero-order valence-corrected chi connectivity index (χ0v) is 23.8. The summed E-state index contributed by atoms with van der Waals surface area (Å²) in [6, 6.07) is 7.65. The van der Waals surface area contributed by atoms with Crippen molar-refractivity contribution in [3.8, 4) is 11.5 Å². The van der Waals surface area contributed by atoms with Crippen LogP contribution in [0.1, 0.15) is 79.9 Å². The van der Waals surface area contributed by atoms with E-state index in [1.807, 2.05) is 7.05 Å². The minimum absolute atomic E-state index is 0.0720. The number of ether oxygens (including phenoxy) is 2. The highest BCUT2D eigenvalue weighted by Crippen LogP contribution is 2.37. The number of likely N-dealkylation sites (tertiary alicyclic amines) is 1. The number of carbonyl (C=O) groups excluding carboxylic acids is 3. The number of hydrogen-bond acceptors (Lipinski definition) is 6. The summed E-state index contributed by atoms with van der Waals surface area (Å²) < 4.78 is 35.7. The fourth-order valence-electron chi connectivity index (χ4n) is 5.79. The first kappa shape index (κ1) is 30.2. The fourth-order valence-corrected chi connectivity index (χ4v) is 5.79. The molecule has 3 amide bonds. The Bertz CT molecular complexity index is 1240. The molecule has 0 bridgehead atoms. The topological polar surface area (TPSA) is 101 Å². The molecule has 222 valence electrons. The molecule has 1 saturated heterocycles. The van der Waals surface area contributed by atoms with Gasteiger partial charge in [0.1, 0.15) is 11.7 Å². The van der Waals surface area contributed by atoms with Crippen molar-refractivity contribution in [2.45, 2.75) is 83.5 Å². The molecule has 1 saturated carbocycles. The van der Waals surface area contributed by atoms with Gasteiger partial charge in [-0.1, -0.05) is 31.4 Å². The average molecular weight is 573 g/mol. The van der Waals surface area contributed by atoms with Gasteiger partial charge >= 0.3 is 6.61 Å². The molecule has 2 fully saturated rings. The van der Waals surface area contributed by atoms with Crippen molar-refractivity contribution < 1.29 is 32.6 Å². The van der Waals surface area contributed by atoms with Crippen LogP contribution in [0.3, 0.4) is 0 Å². The Balaban J connectivity index is 1.46. The lowest BCUT2D eigenvalue weighted by Crippen LogP contribution is -2.45. The second-order valence-corrected chi connectivity index (χ2v) is 10.6. The summed E-state index contributed by atoms with van der Waals surface area (Å²) in [6.45, 7) is 0.794. The molecule has 11 heteroatoms. The maximum absolute atomic E-state index is 13.4. The molecular formula is C30H38F2N4O5. The van der Waals surface area contributed by atoms with Crippen molar-refractivity contribution in [1.82, 2.24) is 20.1 Å². The minimum Gasteiger partial charge on any atom is -0.490 e. The summed E-state index contributed by atoms with van der Waals surface area (Å²) in [5.41, 5.74) is 1.67. The lowest BCUT2D eigenvalue weighted by molar-refractivity contribution is -0.136. The van der Waals surface area contributed by atoms with Crippen LogP contribution < -0.4 is 14.8 Å². The van der Waals surface area contributed by atoms with Crippen LogP contribution in [-0.4, -0.2) is 71.4 Å². The Morgan fingerprint density at radius 3 is 2.59 bits per heavy atom. The molecule has 1 aromatic heterocycles. The number of hydrogen-bond donors (Lipinski definition) is 1. The average Bonchev–Trinajstić information content (AvgIpc) is 3.43. The normalized spacial score (nSPS) is 19.2. The summed E-state index contributed by atoms with van der Waals surface area (Å²) in [5.74, 6) is -0.863. The van der Waals surface area contributed by atoms with Crippen molar-refractivity contribution in [2.24, 2.45) is 0 Å². The molecular weight excluding hydrogens is 534 g/mol. The quantitative estimate of drug-likeness (QED) is 0.450. The molecule has 1 aliphatic heterocycles. The lowest BCUT2D eigenvalue weighted by atomic mass is 9.94. The summed E-state index contributed by atoms with van der Waals surface area (Å²) in [7, 11) is 1.81. The van der Waals surface area contributed by atoms with Gasteiger partial charge in [-0.15, -0.1) is 0 Å². The van der Waals surface area contributed by atoms with E-state index >= 15 is 0 Å². The van der Waals surface area contributed by atoms with E-state index in [4.69, 9.17) is 4.74 Å². The van der Waals surface area contributed by atoms with E-state index in [0.29, 0.717) is 17.7 Å². The standard InChI is InChI=1S/C30H38F2N4O5/c1-4-40-26-16-20(12-13-25(26)41-30(31)32)22-15-24(36(18-22)19(2)37)28(38)34-17-21-9-8-14-33-27(21)29(39)35(3)23-10-6-5-7-11-23/h8-9,12-14,16,22-24,30H,4-7,10-11,15,17-18H2,1-3H3,(H,34,38)/t22?,24-/m1/s1. The third-order valence-corrected chi connectivity index (χ3v) is 7.95. The number of pyridine rings is 1. The van der Waals surface area contributed by atoms with E-state index in [2.05, 4.69) is 15.0 Å². The molecule has 0 spiro atoms. The van der Waals surface area contributed by atoms with Crippen LogP contribution in [0.4, 0.5) is 8.78 Å². The van der Waals surface area contributed by atoms with Gasteiger partial charge in [0.15, 0.2) is 11.5 Å². The number of alkyl halides is 2. The largest absolute Gasteiger partial charge is 0.490 e. The van der Waals surface area contributed by atoms with E-state index < -0.39 is 12.7 Å². The van der Waals surface area contributed by atoms with Crippen LogP contribution in [0.5, 0.6) is 11.5 Å². The number of nitrogens with zero attached hydrogens (tertiary/aromatic N) is 3. The first-order valence-electron chi connectivity index (χ1n) is 14.2. The maximum atomic E-state index is 13.4. The number of carbonyl (C=O) groups is 3. The first-order chi connectivity index (χ1) is 19.7. The molecule has 2 aliphatic rings. The van der Waals surface area contributed by atoms with Crippen LogP contribution >= 0.6 is 0 Å². The number of amides is 3. The van der Waals surface area contributed by atoms with Crippen molar-refractivity contribution in [3.63, 3.8) is 0 Å². The smallest absolute Gasteiger partial charge is 0.387 e. The molecule has 0 radical (unpaired) electrons. The molecule has 9 nitrogen and oxygen atoms in total. The summed E-state index contributed by atoms with van der Waals surface area (Å²) in [6.07, 6.45) is 7.24. The molecule has 1 N–H and O–H groups in total. The Morgan fingerprint density at radius 1 is 1.15 bits per heavy atom. The number of aromatic nitrogens is 1. The number of rotatable bonds is 10. The molecule has 1 aromatic carbocycles. The molecule has 2 aromatic rings. The van der Waals surface area contributed by atoms with Gasteiger partial charge in [0.25, 0.3) is 5.91 Å². The van der Waals surface area contributed by atoms with E-state index in [0.717, 1.165) is 31.2 Å². The highest BCUT2D eigenvalue weighted by atomic mass is 19.3. The van der Waals surface area contributed by atoms with Gasteiger partial charge in [-0.2, -0.15) is 8.78 Å². The van der Waals surface area contributed by atoms with E-state index in [-0.39, 0.29) is 60.9 Å². The molecule has 2 atom stereocenters. The zero-order valence-electron chi connectivity index (χ0n) is 23.8. The maximum Gasteiger partial charge on any atom is 0.387 e. The Labute approximate surface area is 239 Å². The summed E-state index contributed by atoms with van der Waals surface area (Å²) in [5, 5.41) is 2.90.